The van der Waals surface area contributed by atoms with Crippen molar-refractivity contribution in [2.45, 2.75) is 39.7 Å². The number of fused-ring (bicyclic) bond motifs is 1. The molecule has 2 aromatic carbocycles. The zero-order valence-corrected chi connectivity index (χ0v) is 17.6. The molecule has 1 atom stereocenters. The molecule has 2 N–H and O–H groups in total. The fourth-order valence-corrected chi connectivity index (χ4v) is 3.43. The van der Waals surface area contributed by atoms with Crippen LogP contribution in [0.25, 0.3) is 10.9 Å². The third kappa shape index (κ3) is 5.53. The van der Waals surface area contributed by atoms with Crippen LogP contribution in [0.5, 0.6) is 11.5 Å². The Morgan fingerprint density at radius 2 is 1.83 bits per heavy atom. The van der Waals surface area contributed by atoms with Gasteiger partial charge < -0.3 is 20.1 Å². The second-order valence-electron chi connectivity index (χ2n) is 7.15. The number of anilines is 2. The van der Waals surface area contributed by atoms with Gasteiger partial charge in [0.1, 0.15) is 22.8 Å². The summed E-state index contributed by atoms with van der Waals surface area (Å²) < 4.78 is 12.1. The van der Waals surface area contributed by atoms with E-state index in [2.05, 4.69) is 42.8 Å². The summed E-state index contributed by atoms with van der Waals surface area (Å²) in [6.07, 6.45) is 1.88. The number of nitrogen functional groups attached to an aromatic ring is 1. The summed E-state index contributed by atoms with van der Waals surface area (Å²) in [5.74, 6) is 2.19. The Morgan fingerprint density at radius 3 is 2.62 bits per heavy atom. The first kappa shape index (κ1) is 20.8. The van der Waals surface area contributed by atoms with E-state index in [-0.39, 0.29) is 6.10 Å². The maximum absolute atomic E-state index is 6.13. The third-order valence-electron chi connectivity index (χ3n) is 5.00. The van der Waals surface area contributed by atoms with Crippen LogP contribution in [0.4, 0.5) is 11.5 Å². The molecule has 0 amide bonds. The molecule has 5 nitrogen and oxygen atoms in total. The van der Waals surface area contributed by atoms with E-state index < -0.39 is 0 Å². The number of nitrogens with two attached hydrogens (primary N) is 1. The molecular formula is C24H31N3O2. The number of pyridine rings is 1. The molecule has 0 aliphatic rings. The molecule has 1 unspecified atom stereocenters. The summed E-state index contributed by atoms with van der Waals surface area (Å²) in [4.78, 5) is 6.74. The first-order valence-corrected chi connectivity index (χ1v) is 10.4. The maximum Gasteiger partial charge on any atom is 0.146 e. The van der Waals surface area contributed by atoms with Crippen molar-refractivity contribution in [3.8, 4) is 11.5 Å². The van der Waals surface area contributed by atoms with Gasteiger partial charge >= 0.3 is 0 Å². The molecule has 0 bridgehead atoms. The number of benzene rings is 2. The highest BCUT2D eigenvalue weighted by Crippen LogP contribution is 2.26. The first-order valence-electron chi connectivity index (χ1n) is 10.4. The number of para-hydroxylation sites is 1. The SMILES string of the molecule is CCN(CC)c1cccc(OCCCC(C)Oc2cccc3ccc(N)nc23)c1. The number of nitrogens with zero attached hydrogens (tertiary/aromatic N) is 2. The monoisotopic (exact) mass is 393 g/mol. The summed E-state index contributed by atoms with van der Waals surface area (Å²) in [6, 6.07) is 18.0. The second kappa shape index (κ2) is 10.0. The fraction of sp³-hybridized carbons (Fsp3) is 0.375. The second-order valence-corrected chi connectivity index (χ2v) is 7.15. The molecule has 0 radical (unpaired) electrons. The molecule has 154 valence electrons. The molecule has 1 aromatic heterocycles. The van der Waals surface area contributed by atoms with E-state index >= 15 is 0 Å². The lowest BCUT2D eigenvalue weighted by Gasteiger charge is -2.21. The van der Waals surface area contributed by atoms with Crippen molar-refractivity contribution < 1.29 is 9.47 Å². The highest BCUT2D eigenvalue weighted by molar-refractivity contribution is 5.85. The molecule has 0 saturated heterocycles. The van der Waals surface area contributed by atoms with E-state index in [0.29, 0.717) is 12.4 Å². The Balaban J connectivity index is 1.50. The molecule has 3 aromatic rings. The molecule has 0 aliphatic heterocycles. The molecular weight excluding hydrogens is 362 g/mol. The van der Waals surface area contributed by atoms with Crippen LogP contribution in [0.15, 0.2) is 54.6 Å². The van der Waals surface area contributed by atoms with E-state index in [0.717, 1.165) is 48.3 Å². The van der Waals surface area contributed by atoms with Crippen molar-refractivity contribution in [3.63, 3.8) is 0 Å². The first-order chi connectivity index (χ1) is 14.1. The van der Waals surface area contributed by atoms with Crippen LogP contribution < -0.4 is 20.1 Å². The lowest BCUT2D eigenvalue weighted by Crippen LogP contribution is -2.21. The molecule has 29 heavy (non-hydrogen) atoms. The van der Waals surface area contributed by atoms with E-state index in [4.69, 9.17) is 15.2 Å². The number of ether oxygens (including phenoxy) is 2. The van der Waals surface area contributed by atoms with Crippen LogP contribution in [0, 0.1) is 0 Å². The van der Waals surface area contributed by atoms with Crippen molar-refractivity contribution in [3.05, 3.63) is 54.6 Å². The van der Waals surface area contributed by atoms with Gasteiger partial charge in [-0.05, 0) is 63.9 Å². The van der Waals surface area contributed by atoms with Crippen LogP contribution in [0.2, 0.25) is 0 Å². The van der Waals surface area contributed by atoms with Gasteiger partial charge in [-0.1, -0.05) is 18.2 Å². The Kier molecular flexibility index (Phi) is 7.17. The van der Waals surface area contributed by atoms with Gasteiger partial charge in [0.25, 0.3) is 0 Å². The van der Waals surface area contributed by atoms with Crippen LogP contribution in [-0.2, 0) is 0 Å². The van der Waals surface area contributed by atoms with Crippen molar-refractivity contribution in [2.75, 3.05) is 30.3 Å². The Bertz CT molecular complexity index is 925. The number of hydrogen-bond acceptors (Lipinski definition) is 5. The van der Waals surface area contributed by atoms with Gasteiger partial charge in [0, 0.05) is 30.2 Å². The molecule has 0 aliphatic carbocycles. The maximum atomic E-state index is 6.13. The normalized spacial score (nSPS) is 12.0. The van der Waals surface area contributed by atoms with Crippen molar-refractivity contribution in [1.29, 1.82) is 0 Å². The van der Waals surface area contributed by atoms with Crippen LogP contribution in [-0.4, -0.2) is 30.8 Å². The lowest BCUT2D eigenvalue weighted by molar-refractivity contribution is 0.195. The highest BCUT2D eigenvalue weighted by atomic mass is 16.5. The topological polar surface area (TPSA) is 60.6 Å². The lowest BCUT2D eigenvalue weighted by atomic mass is 10.2. The van der Waals surface area contributed by atoms with Gasteiger partial charge in [-0.2, -0.15) is 0 Å². The molecule has 3 rings (SSSR count). The largest absolute Gasteiger partial charge is 0.494 e. The van der Waals surface area contributed by atoms with Crippen molar-refractivity contribution >= 4 is 22.4 Å². The minimum Gasteiger partial charge on any atom is -0.494 e. The summed E-state index contributed by atoms with van der Waals surface area (Å²) in [6.45, 7) is 9.05. The van der Waals surface area contributed by atoms with E-state index in [9.17, 15) is 0 Å². The van der Waals surface area contributed by atoms with E-state index in [1.165, 1.54) is 5.69 Å². The molecule has 0 spiro atoms. The summed E-state index contributed by atoms with van der Waals surface area (Å²) in [7, 11) is 0. The standard InChI is InChI=1S/C24H31N3O2/c1-4-27(5-2)20-11-7-12-21(17-20)28-16-8-9-18(3)29-22-13-6-10-19-14-15-23(25)26-24(19)22/h6-7,10-15,17-18H,4-5,8-9,16H2,1-3H3,(H2,25,26). The van der Waals surface area contributed by atoms with Crippen LogP contribution >= 0.6 is 0 Å². The van der Waals surface area contributed by atoms with Gasteiger partial charge in [0.05, 0.1) is 12.7 Å². The minimum absolute atomic E-state index is 0.0643. The van der Waals surface area contributed by atoms with Crippen LogP contribution in [0.3, 0.4) is 0 Å². The average Bonchev–Trinajstić information content (AvgIpc) is 2.73. The van der Waals surface area contributed by atoms with Crippen molar-refractivity contribution in [1.82, 2.24) is 4.98 Å². The fourth-order valence-electron chi connectivity index (χ4n) is 3.43. The third-order valence-corrected chi connectivity index (χ3v) is 5.00. The predicted molar refractivity (Wildman–Crippen MR) is 121 cm³/mol. The molecule has 0 fully saturated rings. The predicted octanol–water partition coefficient (Wildman–Crippen LogP) is 5.29. The smallest absolute Gasteiger partial charge is 0.146 e. The summed E-state index contributed by atoms with van der Waals surface area (Å²) >= 11 is 0. The molecule has 1 heterocycles. The highest BCUT2D eigenvalue weighted by Gasteiger charge is 2.09. The minimum atomic E-state index is 0.0643. The zero-order chi connectivity index (χ0) is 20.6. The number of aromatic nitrogens is 1. The quantitative estimate of drug-likeness (QED) is 0.474. The van der Waals surface area contributed by atoms with Gasteiger partial charge in [-0.15, -0.1) is 0 Å². The zero-order valence-electron chi connectivity index (χ0n) is 17.6. The molecule has 5 heteroatoms. The summed E-state index contributed by atoms with van der Waals surface area (Å²) in [5.41, 5.74) is 7.85. The average molecular weight is 394 g/mol. The van der Waals surface area contributed by atoms with E-state index in [1.807, 2.05) is 42.5 Å². The van der Waals surface area contributed by atoms with Gasteiger partial charge in [-0.25, -0.2) is 4.98 Å². The van der Waals surface area contributed by atoms with Gasteiger partial charge in [0.2, 0.25) is 0 Å². The Morgan fingerprint density at radius 1 is 1.03 bits per heavy atom. The summed E-state index contributed by atoms with van der Waals surface area (Å²) in [5, 5.41) is 1.03. The number of rotatable bonds is 10. The van der Waals surface area contributed by atoms with E-state index in [1.54, 1.807) is 0 Å². The Hall–Kier alpha value is -2.95. The number of hydrogen-bond donors (Lipinski definition) is 1. The van der Waals surface area contributed by atoms with Crippen molar-refractivity contribution in [2.24, 2.45) is 0 Å². The van der Waals surface area contributed by atoms with Gasteiger partial charge in [-0.3, -0.25) is 0 Å². The Labute approximate surface area is 173 Å². The van der Waals surface area contributed by atoms with Gasteiger partial charge in [0.15, 0.2) is 0 Å². The molecule has 0 saturated carbocycles. The van der Waals surface area contributed by atoms with Crippen LogP contribution in [0.1, 0.15) is 33.6 Å².